The van der Waals surface area contributed by atoms with Gasteiger partial charge in [-0.15, -0.1) is 0 Å². The number of anilines is 1. The van der Waals surface area contributed by atoms with E-state index in [1.54, 1.807) is 36.4 Å². The Kier molecular flexibility index (Phi) is 8.40. The van der Waals surface area contributed by atoms with E-state index in [0.29, 0.717) is 5.75 Å². The molecule has 1 amide bonds. The summed E-state index contributed by atoms with van der Waals surface area (Å²) in [6.07, 6.45) is -4.13. The first kappa shape index (κ1) is 26.0. The summed E-state index contributed by atoms with van der Waals surface area (Å²) >= 11 is 0. The number of nitrogens with one attached hydrogen (secondary N) is 1. The zero-order valence-electron chi connectivity index (χ0n) is 19.9. The zero-order chi connectivity index (χ0) is 26.2. The predicted octanol–water partition coefficient (Wildman–Crippen LogP) is 3.79. The highest BCUT2D eigenvalue weighted by molar-refractivity contribution is 6.01. The van der Waals surface area contributed by atoms with Crippen LogP contribution >= 0.6 is 0 Å². The van der Waals surface area contributed by atoms with E-state index < -0.39 is 36.0 Å². The number of hydrogen-bond acceptors (Lipinski definition) is 7. The van der Waals surface area contributed by atoms with Crippen LogP contribution in [0.25, 0.3) is 0 Å². The van der Waals surface area contributed by atoms with Crippen molar-refractivity contribution in [1.29, 1.82) is 0 Å². The minimum Gasteiger partial charge on any atom is -0.497 e. The van der Waals surface area contributed by atoms with Crippen molar-refractivity contribution < 1.29 is 38.5 Å². The third-order valence-electron chi connectivity index (χ3n) is 5.16. The molecule has 0 radical (unpaired) electrons. The van der Waals surface area contributed by atoms with Crippen LogP contribution in [0.4, 0.5) is 5.69 Å². The summed E-state index contributed by atoms with van der Waals surface area (Å²) in [5, 5.41) is 12.3. The maximum atomic E-state index is 13.2. The first-order chi connectivity index (χ1) is 17.2. The minimum atomic E-state index is -2.13. The first-order valence-electron chi connectivity index (χ1n) is 10.9. The van der Waals surface area contributed by atoms with Gasteiger partial charge in [0.2, 0.25) is 12.2 Å². The molecule has 0 spiro atoms. The number of benzene rings is 3. The second-order valence-electron chi connectivity index (χ2n) is 7.94. The van der Waals surface area contributed by atoms with E-state index in [0.717, 1.165) is 11.1 Å². The number of hydrogen-bond donors (Lipinski definition) is 2. The molecular formula is C27H25NO8. The number of esters is 2. The number of aryl methyl sites for hydroxylation is 2. The Labute approximate surface area is 207 Å². The lowest BCUT2D eigenvalue weighted by Gasteiger charge is -2.23. The first-order valence-corrected chi connectivity index (χ1v) is 10.9. The van der Waals surface area contributed by atoms with Crippen LogP contribution < -0.4 is 10.1 Å². The van der Waals surface area contributed by atoms with Crippen LogP contribution in [0.2, 0.25) is 0 Å². The molecular weight excluding hydrogens is 466 g/mol. The summed E-state index contributed by atoms with van der Waals surface area (Å²) in [6.45, 7) is 3.64. The molecule has 2 N–H and O–H groups in total. The highest BCUT2D eigenvalue weighted by Gasteiger charge is 2.41. The second kappa shape index (κ2) is 11.7. The zero-order valence-corrected chi connectivity index (χ0v) is 19.9. The van der Waals surface area contributed by atoms with Gasteiger partial charge in [-0.1, -0.05) is 41.5 Å². The Morgan fingerprint density at radius 3 is 1.72 bits per heavy atom. The SMILES string of the molecule is COc1cccc(NC(=O)[C@@H](OC(=O)c2ccc(C)cc2)[C@H](OC(=O)c2ccc(C)cc2)C(=O)O)c1. The largest absolute Gasteiger partial charge is 0.497 e. The number of rotatable bonds is 9. The summed E-state index contributed by atoms with van der Waals surface area (Å²) < 4.78 is 15.6. The molecule has 186 valence electrons. The lowest BCUT2D eigenvalue weighted by atomic mass is 10.1. The van der Waals surface area contributed by atoms with Crippen molar-refractivity contribution in [2.45, 2.75) is 26.1 Å². The maximum absolute atomic E-state index is 13.2. The quantitative estimate of drug-likeness (QED) is 0.433. The molecule has 9 heteroatoms. The van der Waals surface area contributed by atoms with Gasteiger partial charge >= 0.3 is 17.9 Å². The van der Waals surface area contributed by atoms with Crippen molar-refractivity contribution in [1.82, 2.24) is 0 Å². The molecule has 0 heterocycles. The number of carbonyl (C=O) groups is 4. The Balaban J connectivity index is 1.91. The van der Waals surface area contributed by atoms with E-state index in [-0.39, 0.29) is 16.8 Å². The molecule has 0 bridgehead atoms. The lowest BCUT2D eigenvalue weighted by Crippen LogP contribution is -2.48. The summed E-state index contributed by atoms with van der Waals surface area (Å²) in [7, 11) is 1.44. The van der Waals surface area contributed by atoms with Gasteiger partial charge in [-0.3, -0.25) is 4.79 Å². The molecule has 36 heavy (non-hydrogen) atoms. The van der Waals surface area contributed by atoms with Crippen LogP contribution in [0.15, 0.2) is 72.8 Å². The third kappa shape index (κ3) is 6.69. The molecule has 0 aliphatic rings. The molecule has 3 aromatic rings. The molecule has 0 saturated heterocycles. The fourth-order valence-electron chi connectivity index (χ4n) is 3.15. The number of carbonyl (C=O) groups excluding carboxylic acids is 3. The number of amides is 1. The van der Waals surface area contributed by atoms with Crippen molar-refractivity contribution in [3.8, 4) is 5.75 Å². The van der Waals surface area contributed by atoms with Crippen LogP contribution in [0, 0.1) is 13.8 Å². The summed E-state index contributed by atoms with van der Waals surface area (Å²) in [6, 6.07) is 18.8. The molecule has 3 rings (SSSR count). The van der Waals surface area contributed by atoms with Crippen LogP contribution in [0.5, 0.6) is 5.75 Å². The normalized spacial score (nSPS) is 12.1. The van der Waals surface area contributed by atoms with E-state index in [1.807, 2.05) is 13.8 Å². The molecule has 0 aliphatic heterocycles. The van der Waals surface area contributed by atoms with E-state index in [4.69, 9.17) is 14.2 Å². The fraction of sp³-hybridized carbons (Fsp3) is 0.185. The van der Waals surface area contributed by atoms with Crippen molar-refractivity contribution in [2.24, 2.45) is 0 Å². The predicted molar refractivity (Wildman–Crippen MR) is 130 cm³/mol. The number of carboxylic acids is 1. The Bertz CT molecular complexity index is 1250. The molecule has 0 fully saturated rings. The maximum Gasteiger partial charge on any atom is 0.349 e. The molecule has 0 aromatic heterocycles. The Morgan fingerprint density at radius 1 is 0.750 bits per heavy atom. The molecule has 0 aliphatic carbocycles. The number of carboxylic acid groups (broad SMARTS) is 1. The average molecular weight is 491 g/mol. The van der Waals surface area contributed by atoms with Gasteiger partial charge < -0.3 is 24.6 Å². The average Bonchev–Trinajstić information content (AvgIpc) is 2.86. The van der Waals surface area contributed by atoms with Crippen LogP contribution in [-0.4, -0.2) is 48.2 Å². The van der Waals surface area contributed by atoms with Gasteiger partial charge in [-0.25, -0.2) is 14.4 Å². The summed E-state index contributed by atoms with van der Waals surface area (Å²) in [4.78, 5) is 50.7. The molecule has 0 unspecified atom stereocenters. The van der Waals surface area contributed by atoms with Gasteiger partial charge in [0, 0.05) is 11.8 Å². The highest BCUT2D eigenvalue weighted by atomic mass is 16.6. The molecule has 3 aromatic carbocycles. The van der Waals surface area contributed by atoms with Gasteiger partial charge in [0.15, 0.2) is 0 Å². The molecule has 0 saturated carbocycles. The van der Waals surface area contributed by atoms with Gasteiger partial charge in [-0.2, -0.15) is 0 Å². The Morgan fingerprint density at radius 2 is 1.25 bits per heavy atom. The van der Waals surface area contributed by atoms with Gasteiger partial charge in [0.1, 0.15) is 5.75 Å². The highest BCUT2D eigenvalue weighted by Crippen LogP contribution is 2.20. The van der Waals surface area contributed by atoms with Gasteiger partial charge in [-0.05, 0) is 50.2 Å². The van der Waals surface area contributed by atoms with Crippen molar-refractivity contribution >= 4 is 29.5 Å². The number of methoxy groups -OCH3 is 1. The van der Waals surface area contributed by atoms with Crippen LogP contribution in [-0.2, 0) is 19.1 Å². The molecule has 9 nitrogen and oxygen atoms in total. The molecule has 2 atom stereocenters. The van der Waals surface area contributed by atoms with Gasteiger partial charge in [0.05, 0.1) is 18.2 Å². The minimum absolute atomic E-state index is 0.0728. The fourth-order valence-corrected chi connectivity index (χ4v) is 3.15. The van der Waals surface area contributed by atoms with Crippen LogP contribution in [0.3, 0.4) is 0 Å². The van der Waals surface area contributed by atoms with Gasteiger partial charge in [0.25, 0.3) is 5.91 Å². The number of ether oxygens (including phenoxy) is 3. The standard InChI is InChI=1S/C27H25NO8/c1-16-7-11-18(12-8-16)26(32)35-22(24(29)28-20-5-4-6-21(15-20)34-3)23(25(30)31)36-27(33)19-13-9-17(2)10-14-19/h4-15,22-23H,1-3H3,(H,28,29)(H,30,31)/t22-,23-/m0/s1. The van der Waals surface area contributed by atoms with Crippen molar-refractivity contribution in [3.05, 3.63) is 95.1 Å². The number of aliphatic carboxylic acids is 1. The van der Waals surface area contributed by atoms with E-state index in [1.165, 1.54) is 43.5 Å². The summed E-state index contributed by atoms with van der Waals surface area (Å²) in [5.74, 6) is -4.20. The lowest BCUT2D eigenvalue weighted by molar-refractivity contribution is -0.157. The van der Waals surface area contributed by atoms with Crippen molar-refractivity contribution in [3.63, 3.8) is 0 Å². The van der Waals surface area contributed by atoms with E-state index in [9.17, 15) is 24.3 Å². The van der Waals surface area contributed by atoms with Crippen LogP contribution in [0.1, 0.15) is 31.8 Å². The van der Waals surface area contributed by atoms with E-state index in [2.05, 4.69) is 5.32 Å². The Hall–Kier alpha value is -4.66. The monoisotopic (exact) mass is 491 g/mol. The van der Waals surface area contributed by atoms with Crippen molar-refractivity contribution in [2.75, 3.05) is 12.4 Å². The topological polar surface area (TPSA) is 128 Å². The third-order valence-corrected chi connectivity index (χ3v) is 5.16. The second-order valence-corrected chi connectivity index (χ2v) is 7.94. The van der Waals surface area contributed by atoms with E-state index >= 15 is 0 Å². The smallest absolute Gasteiger partial charge is 0.349 e. The summed E-state index contributed by atoms with van der Waals surface area (Å²) in [5.41, 5.74) is 2.18.